The second kappa shape index (κ2) is 5.44. The fourth-order valence-electron chi connectivity index (χ4n) is 5.76. The number of nitrogens with one attached hydrogen (secondary N) is 1. The molecule has 6 heteroatoms. The molecule has 1 amide bonds. The zero-order valence-corrected chi connectivity index (χ0v) is 15.3. The minimum atomic E-state index is -1.44. The summed E-state index contributed by atoms with van der Waals surface area (Å²) in [4.78, 5) is 44.6. The van der Waals surface area contributed by atoms with E-state index in [1.165, 1.54) is 0 Å². The van der Waals surface area contributed by atoms with E-state index in [0.717, 1.165) is 35.0 Å². The Balaban J connectivity index is 1.84. The van der Waals surface area contributed by atoms with Crippen molar-refractivity contribution in [1.82, 2.24) is 9.88 Å². The van der Waals surface area contributed by atoms with Crippen LogP contribution in [0.1, 0.15) is 43.9 Å². The van der Waals surface area contributed by atoms with Crippen molar-refractivity contribution in [2.24, 2.45) is 5.41 Å². The molecule has 140 valence electrons. The summed E-state index contributed by atoms with van der Waals surface area (Å²) >= 11 is 0. The Bertz CT molecular complexity index is 993. The Hall–Kier alpha value is -2.63. The van der Waals surface area contributed by atoms with E-state index in [-0.39, 0.29) is 6.61 Å². The van der Waals surface area contributed by atoms with Gasteiger partial charge in [-0.1, -0.05) is 31.0 Å². The van der Waals surface area contributed by atoms with Gasteiger partial charge in [-0.05, 0) is 37.8 Å². The molecule has 6 nitrogen and oxygen atoms in total. The molecule has 0 radical (unpaired) electrons. The highest BCUT2D eigenvalue weighted by Gasteiger charge is 2.75. The van der Waals surface area contributed by atoms with Crippen LogP contribution in [-0.4, -0.2) is 40.7 Å². The normalized spacial score (nSPS) is 29.4. The molecule has 1 saturated carbocycles. The molecule has 3 aliphatic rings. The average Bonchev–Trinajstić information content (AvgIpc) is 3.16. The first-order valence-corrected chi connectivity index (χ1v) is 9.71. The summed E-state index contributed by atoms with van der Waals surface area (Å²) in [5, 5.41) is 1.11. The van der Waals surface area contributed by atoms with Gasteiger partial charge >= 0.3 is 5.97 Å². The van der Waals surface area contributed by atoms with Gasteiger partial charge in [0.05, 0.1) is 6.61 Å². The van der Waals surface area contributed by atoms with E-state index in [2.05, 4.69) is 11.1 Å². The molecule has 2 fully saturated rings. The molecular weight excluding hydrogens is 344 g/mol. The summed E-state index contributed by atoms with van der Waals surface area (Å²) in [5.74, 6) is -1.67. The first-order chi connectivity index (χ1) is 13.1. The van der Waals surface area contributed by atoms with E-state index in [1.54, 1.807) is 11.8 Å². The number of para-hydroxylation sites is 1. The fraction of sp³-hybridized carbons (Fsp3) is 0.476. The van der Waals surface area contributed by atoms with Crippen molar-refractivity contribution in [2.45, 2.75) is 44.6 Å². The van der Waals surface area contributed by atoms with Crippen molar-refractivity contribution < 1.29 is 19.1 Å². The first kappa shape index (κ1) is 16.5. The van der Waals surface area contributed by atoms with Gasteiger partial charge in [0, 0.05) is 23.1 Å². The van der Waals surface area contributed by atoms with Crippen molar-refractivity contribution in [3.63, 3.8) is 0 Å². The van der Waals surface area contributed by atoms with Crippen LogP contribution in [0.15, 0.2) is 24.3 Å². The molecule has 2 atom stereocenters. The molecule has 1 N–H and O–H groups in total. The molecule has 2 aromatic rings. The number of ether oxygens (including phenoxy) is 1. The van der Waals surface area contributed by atoms with Gasteiger partial charge in [0.2, 0.25) is 5.78 Å². The summed E-state index contributed by atoms with van der Waals surface area (Å²) in [6, 6.07) is 8.02. The maximum absolute atomic E-state index is 13.3. The summed E-state index contributed by atoms with van der Waals surface area (Å²) in [7, 11) is 0. The summed E-state index contributed by atoms with van der Waals surface area (Å²) < 4.78 is 5.39. The minimum absolute atomic E-state index is 0.192. The molecular formula is C21H22N2O4. The number of ketones is 1. The lowest BCUT2D eigenvalue weighted by molar-refractivity contribution is -0.169. The molecule has 1 aromatic carbocycles. The van der Waals surface area contributed by atoms with Crippen molar-refractivity contribution in [1.29, 1.82) is 0 Å². The Kier molecular flexibility index (Phi) is 3.33. The third-order valence-corrected chi connectivity index (χ3v) is 6.77. The van der Waals surface area contributed by atoms with Gasteiger partial charge in [-0.2, -0.15) is 0 Å². The molecule has 1 spiro atoms. The van der Waals surface area contributed by atoms with Crippen molar-refractivity contribution in [2.75, 3.05) is 13.2 Å². The monoisotopic (exact) mass is 366 g/mol. The van der Waals surface area contributed by atoms with E-state index >= 15 is 0 Å². The SMILES string of the molecule is CCOC(=O)C12CCCCC13c1[nH]c4ccccc4c1CCN3C(=O)C2=O. The Morgan fingerprint density at radius 1 is 1.22 bits per heavy atom. The summed E-state index contributed by atoms with van der Waals surface area (Å²) in [6.07, 6.45) is 3.25. The third kappa shape index (κ3) is 1.74. The zero-order valence-electron chi connectivity index (χ0n) is 15.3. The topological polar surface area (TPSA) is 79.5 Å². The predicted octanol–water partition coefficient (Wildman–Crippen LogP) is 2.45. The number of fused-ring (bicyclic) bond motifs is 3. The number of hydrogen-bond acceptors (Lipinski definition) is 4. The average molecular weight is 366 g/mol. The Morgan fingerprint density at radius 3 is 2.81 bits per heavy atom. The van der Waals surface area contributed by atoms with Gasteiger partial charge in [-0.15, -0.1) is 0 Å². The zero-order chi connectivity index (χ0) is 18.8. The molecule has 27 heavy (non-hydrogen) atoms. The number of esters is 1. The highest BCUT2D eigenvalue weighted by molar-refractivity contribution is 6.45. The summed E-state index contributed by atoms with van der Waals surface area (Å²) in [5.41, 5.74) is 0.586. The van der Waals surface area contributed by atoms with Crippen LogP contribution in [0.3, 0.4) is 0 Å². The molecule has 1 aliphatic carbocycles. The van der Waals surface area contributed by atoms with Gasteiger partial charge in [0.25, 0.3) is 5.91 Å². The van der Waals surface area contributed by atoms with E-state index < -0.39 is 28.6 Å². The number of H-pyrrole nitrogens is 1. The van der Waals surface area contributed by atoms with E-state index in [1.807, 2.05) is 18.2 Å². The molecule has 2 aliphatic heterocycles. The van der Waals surface area contributed by atoms with Gasteiger partial charge in [-0.25, -0.2) is 0 Å². The summed E-state index contributed by atoms with van der Waals surface area (Å²) in [6.45, 7) is 2.39. The first-order valence-electron chi connectivity index (χ1n) is 9.71. The number of Topliss-reactive ketones (excluding diaryl/α,β-unsaturated/α-hetero) is 1. The number of nitrogens with zero attached hydrogens (tertiary/aromatic N) is 1. The smallest absolute Gasteiger partial charge is 0.323 e. The quantitative estimate of drug-likeness (QED) is 0.503. The largest absolute Gasteiger partial charge is 0.465 e. The van der Waals surface area contributed by atoms with Crippen LogP contribution >= 0.6 is 0 Å². The van der Waals surface area contributed by atoms with Gasteiger partial charge in [0.1, 0.15) is 5.54 Å². The number of benzene rings is 1. The van der Waals surface area contributed by atoms with Gasteiger partial charge < -0.3 is 14.6 Å². The second-order valence-electron chi connectivity index (χ2n) is 7.75. The molecule has 2 unspecified atom stereocenters. The van der Waals surface area contributed by atoms with Crippen LogP contribution in [-0.2, 0) is 31.1 Å². The van der Waals surface area contributed by atoms with E-state index in [9.17, 15) is 14.4 Å². The number of rotatable bonds is 2. The van der Waals surface area contributed by atoms with E-state index in [0.29, 0.717) is 25.8 Å². The van der Waals surface area contributed by atoms with Gasteiger partial charge in [-0.3, -0.25) is 14.4 Å². The molecule has 1 saturated heterocycles. The number of aromatic nitrogens is 1. The number of carbonyl (C=O) groups excluding carboxylic acids is 3. The number of aromatic amines is 1. The molecule has 5 rings (SSSR count). The van der Waals surface area contributed by atoms with Crippen molar-refractivity contribution in [3.05, 3.63) is 35.5 Å². The van der Waals surface area contributed by atoms with Crippen LogP contribution in [0, 0.1) is 5.41 Å². The van der Waals surface area contributed by atoms with Crippen LogP contribution in [0.5, 0.6) is 0 Å². The lowest BCUT2D eigenvalue weighted by Crippen LogP contribution is -2.60. The highest BCUT2D eigenvalue weighted by atomic mass is 16.5. The fourth-order valence-corrected chi connectivity index (χ4v) is 5.76. The molecule has 0 bridgehead atoms. The lowest BCUT2D eigenvalue weighted by Gasteiger charge is -2.51. The van der Waals surface area contributed by atoms with Crippen LogP contribution < -0.4 is 0 Å². The van der Waals surface area contributed by atoms with Crippen molar-refractivity contribution in [3.8, 4) is 0 Å². The van der Waals surface area contributed by atoms with Gasteiger partial charge in [0.15, 0.2) is 5.41 Å². The maximum atomic E-state index is 13.3. The standard InChI is InChI=1S/C21H22N2O4/c1-2-27-19(26)20-10-5-6-11-21(20)16-14(9-12-23(21)18(25)17(20)24)13-7-3-4-8-15(13)22-16/h3-4,7-8,22H,2,5-6,9-12H2,1H3. The third-order valence-electron chi connectivity index (χ3n) is 6.77. The van der Waals surface area contributed by atoms with Crippen LogP contribution in [0.2, 0.25) is 0 Å². The Labute approximate surface area is 156 Å². The molecule has 3 heterocycles. The Morgan fingerprint density at radius 2 is 2.00 bits per heavy atom. The predicted molar refractivity (Wildman–Crippen MR) is 97.9 cm³/mol. The second-order valence-corrected chi connectivity index (χ2v) is 7.75. The molecule has 1 aromatic heterocycles. The maximum Gasteiger partial charge on any atom is 0.323 e. The number of carbonyl (C=O) groups is 3. The van der Waals surface area contributed by atoms with E-state index in [4.69, 9.17) is 4.74 Å². The highest BCUT2D eigenvalue weighted by Crippen LogP contribution is 2.61. The van der Waals surface area contributed by atoms with Crippen molar-refractivity contribution >= 4 is 28.6 Å². The number of hydrogen-bond donors (Lipinski definition) is 1. The van der Waals surface area contributed by atoms with Crippen LogP contribution in [0.4, 0.5) is 0 Å². The number of amides is 1. The lowest BCUT2D eigenvalue weighted by atomic mass is 9.58. The minimum Gasteiger partial charge on any atom is -0.465 e. The van der Waals surface area contributed by atoms with Crippen LogP contribution in [0.25, 0.3) is 10.9 Å².